The van der Waals surface area contributed by atoms with Crippen molar-refractivity contribution in [2.75, 3.05) is 12.5 Å². The van der Waals surface area contributed by atoms with E-state index in [1.807, 2.05) is 24.3 Å². The van der Waals surface area contributed by atoms with Crippen LogP contribution in [0.25, 0.3) is 10.8 Å². The number of anilines is 1. The number of fused-ring (bicyclic) bond motifs is 1. The van der Waals surface area contributed by atoms with E-state index >= 15 is 0 Å². The molecule has 0 atom stereocenters. The fourth-order valence-corrected chi connectivity index (χ4v) is 3.67. The predicted octanol–water partition coefficient (Wildman–Crippen LogP) is 6.54. The summed E-state index contributed by atoms with van der Waals surface area (Å²) in [7, 11) is 1.59. The minimum absolute atomic E-state index is 0.0243. The van der Waals surface area contributed by atoms with Crippen LogP contribution in [0.2, 0.25) is 0 Å². The summed E-state index contributed by atoms with van der Waals surface area (Å²) in [6.07, 6.45) is 1.63. The van der Waals surface area contributed by atoms with E-state index < -0.39 is 4.92 Å². The first-order valence-corrected chi connectivity index (χ1v) is 10.8. The first-order valence-electron chi connectivity index (χ1n) is 10.0. The Morgan fingerprint density at radius 2 is 1.76 bits per heavy atom. The van der Waals surface area contributed by atoms with Gasteiger partial charge in [0.05, 0.1) is 23.9 Å². The van der Waals surface area contributed by atoms with E-state index in [0.717, 1.165) is 15.6 Å². The largest absolute Gasteiger partial charge is 0.493 e. The standard InChI is InChI=1S/C25H20BrN3O4/c1-32-24-13-20(15-27-28-21-8-10-22(11-9-21)29(30)31)23(26)14-25(24)33-16-17-6-7-18-4-2-3-5-19(18)12-17/h2-15,28H,16H2,1H3/b27-15+. The minimum atomic E-state index is -0.444. The molecule has 0 heterocycles. The highest BCUT2D eigenvalue weighted by Crippen LogP contribution is 2.33. The summed E-state index contributed by atoms with van der Waals surface area (Å²) in [5.41, 5.74) is 5.35. The first-order chi connectivity index (χ1) is 16.0. The quantitative estimate of drug-likeness (QED) is 0.167. The number of nitro benzene ring substituents is 1. The third-order valence-electron chi connectivity index (χ3n) is 4.97. The van der Waals surface area contributed by atoms with E-state index in [1.54, 1.807) is 25.5 Å². The van der Waals surface area contributed by atoms with Gasteiger partial charge in [0.1, 0.15) is 6.61 Å². The lowest BCUT2D eigenvalue weighted by Gasteiger charge is -2.13. The van der Waals surface area contributed by atoms with Crippen LogP contribution in [0.1, 0.15) is 11.1 Å². The number of methoxy groups -OCH3 is 1. The van der Waals surface area contributed by atoms with Crippen LogP contribution in [-0.2, 0) is 6.61 Å². The zero-order valence-electron chi connectivity index (χ0n) is 17.7. The molecule has 0 aliphatic carbocycles. The number of nitrogens with one attached hydrogen (secondary N) is 1. The van der Waals surface area contributed by atoms with Crippen LogP contribution in [0.15, 0.2) is 88.4 Å². The second-order valence-electron chi connectivity index (χ2n) is 7.17. The van der Waals surface area contributed by atoms with Crippen LogP contribution >= 0.6 is 15.9 Å². The van der Waals surface area contributed by atoms with Gasteiger partial charge in [-0.05, 0) is 62.6 Å². The molecule has 4 aromatic carbocycles. The van der Waals surface area contributed by atoms with E-state index in [-0.39, 0.29) is 5.69 Å². The predicted molar refractivity (Wildman–Crippen MR) is 133 cm³/mol. The number of non-ortho nitro benzene ring substituents is 1. The van der Waals surface area contributed by atoms with Gasteiger partial charge in [-0.15, -0.1) is 0 Å². The van der Waals surface area contributed by atoms with E-state index in [4.69, 9.17) is 9.47 Å². The number of rotatable bonds is 8. The maximum atomic E-state index is 10.7. The molecule has 0 amide bonds. The Balaban J connectivity index is 1.45. The molecule has 166 valence electrons. The molecule has 0 unspecified atom stereocenters. The normalized spacial score (nSPS) is 11.0. The van der Waals surface area contributed by atoms with Crippen LogP contribution in [0.5, 0.6) is 11.5 Å². The van der Waals surface area contributed by atoms with Gasteiger partial charge >= 0.3 is 0 Å². The van der Waals surface area contributed by atoms with Crippen molar-refractivity contribution in [3.8, 4) is 11.5 Å². The lowest BCUT2D eigenvalue weighted by Crippen LogP contribution is -1.99. The zero-order chi connectivity index (χ0) is 23.2. The Hall–Kier alpha value is -3.91. The molecular weight excluding hydrogens is 486 g/mol. The molecule has 0 saturated heterocycles. The molecule has 0 aliphatic rings. The van der Waals surface area contributed by atoms with Crippen molar-refractivity contribution in [2.45, 2.75) is 6.61 Å². The Morgan fingerprint density at radius 3 is 2.48 bits per heavy atom. The van der Waals surface area contributed by atoms with Crippen LogP contribution in [0.4, 0.5) is 11.4 Å². The van der Waals surface area contributed by atoms with Gasteiger partial charge in [-0.25, -0.2) is 0 Å². The third-order valence-corrected chi connectivity index (χ3v) is 5.65. The number of halogens is 1. The van der Waals surface area contributed by atoms with Crippen molar-refractivity contribution in [2.24, 2.45) is 5.10 Å². The van der Waals surface area contributed by atoms with Gasteiger partial charge in [0, 0.05) is 22.2 Å². The highest BCUT2D eigenvalue weighted by molar-refractivity contribution is 9.10. The summed E-state index contributed by atoms with van der Waals surface area (Å²) in [4.78, 5) is 10.3. The van der Waals surface area contributed by atoms with Gasteiger partial charge in [0.15, 0.2) is 11.5 Å². The Bertz CT molecular complexity index is 1320. The summed E-state index contributed by atoms with van der Waals surface area (Å²) in [6, 6.07) is 24.1. The SMILES string of the molecule is COc1cc(/C=N/Nc2ccc([N+](=O)[O-])cc2)c(Br)cc1OCc1ccc2ccccc2c1. The van der Waals surface area contributed by atoms with Gasteiger partial charge in [-0.2, -0.15) is 5.10 Å². The second kappa shape index (κ2) is 10.1. The summed E-state index contributed by atoms with van der Waals surface area (Å²) in [6.45, 7) is 0.406. The number of hydrogen-bond donors (Lipinski definition) is 1. The number of ether oxygens (including phenoxy) is 2. The Labute approximate surface area is 198 Å². The number of benzene rings is 4. The molecule has 0 bridgehead atoms. The average Bonchev–Trinajstić information content (AvgIpc) is 2.84. The van der Waals surface area contributed by atoms with E-state index in [1.165, 1.54) is 22.9 Å². The lowest BCUT2D eigenvalue weighted by molar-refractivity contribution is -0.384. The van der Waals surface area contributed by atoms with Gasteiger partial charge in [0.25, 0.3) is 5.69 Å². The number of nitro groups is 1. The minimum Gasteiger partial charge on any atom is -0.493 e. The monoisotopic (exact) mass is 505 g/mol. The van der Waals surface area contributed by atoms with Crippen LogP contribution < -0.4 is 14.9 Å². The van der Waals surface area contributed by atoms with Crippen molar-refractivity contribution in [1.29, 1.82) is 0 Å². The summed E-state index contributed by atoms with van der Waals surface area (Å²) >= 11 is 3.55. The van der Waals surface area contributed by atoms with Crippen LogP contribution in [0.3, 0.4) is 0 Å². The van der Waals surface area contributed by atoms with Gasteiger partial charge in [-0.3, -0.25) is 15.5 Å². The highest BCUT2D eigenvalue weighted by atomic mass is 79.9. The molecule has 0 saturated carbocycles. The van der Waals surface area contributed by atoms with Crippen LogP contribution in [-0.4, -0.2) is 18.2 Å². The zero-order valence-corrected chi connectivity index (χ0v) is 19.3. The Kier molecular flexibility index (Phi) is 6.85. The summed E-state index contributed by atoms with van der Waals surface area (Å²) < 4.78 is 12.3. The smallest absolute Gasteiger partial charge is 0.269 e. The molecule has 0 fully saturated rings. The van der Waals surface area contributed by atoms with E-state index in [0.29, 0.717) is 23.8 Å². The molecule has 0 radical (unpaired) electrons. The molecule has 33 heavy (non-hydrogen) atoms. The van der Waals surface area contributed by atoms with Gasteiger partial charge < -0.3 is 9.47 Å². The maximum Gasteiger partial charge on any atom is 0.269 e. The van der Waals surface area contributed by atoms with Gasteiger partial charge in [0.2, 0.25) is 0 Å². The molecule has 4 rings (SSSR count). The van der Waals surface area contributed by atoms with E-state index in [9.17, 15) is 10.1 Å². The molecule has 8 heteroatoms. The van der Waals surface area contributed by atoms with Crippen molar-refractivity contribution in [1.82, 2.24) is 0 Å². The third kappa shape index (κ3) is 5.48. The molecule has 7 nitrogen and oxygen atoms in total. The maximum absolute atomic E-state index is 10.7. The molecule has 0 aromatic heterocycles. The summed E-state index contributed by atoms with van der Waals surface area (Å²) in [5.74, 6) is 1.19. The highest BCUT2D eigenvalue weighted by Gasteiger charge is 2.10. The van der Waals surface area contributed by atoms with Crippen molar-refractivity contribution < 1.29 is 14.4 Å². The lowest BCUT2D eigenvalue weighted by atomic mass is 10.1. The van der Waals surface area contributed by atoms with Crippen molar-refractivity contribution in [3.05, 3.63) is 105 Å². The molecule has 1 N–H and O–H groups in total. The fraction of sp³-hybridized carbons (Fsp3) is 0.0800. The summed E-state index contributed by atoms with van der Waals surface area (Å²) in [5, 5.41) is 17.3. The molecular formula is C25H20BrN3O4. The van der Waals surface area contributed by atoms with Crippen LogP contribution in [0, 0.1) is 10.1 Å². The number of hydrazone groups is 1. The molecule has 0 spiro atoms. The second-order valence-corrected chi connectivity index (χ2v) is 8.02. The van der Waals surface area contributed by atoms with Crippen molar-refractivity contribution >= 4 is 44.3 Å². The first kappa shape index (κ1) is 22.3. The average molecular weight is 506 g/mol. The van der Waals surface area contributed by atoms with E-state index in [2.05, 4.69) is 56.8 Å². The molecule has 0 aliphatic heterocycles. The number of hydrogen-bond acceptors (Lipinski definition) is 6. The fourth-order valence-electron chi connectivity index (χ4n) is 3.25. The van der Waals surface area contributed by atoms with Crippen molar-refractivity contribution in [3.63, 3.8) is 0 Å². The number of nitrogens with zero attached hydrogens (tertiary/aromatic N) is 2. The van der Waals surface area contributed by atoms with Gasteiger partial charge in [-0.1, -0.05) is 36.4 Å². The molecule has 4 aromatic rings. The topological polar surface area (TPSA) is 86.0 Å². The Morgan fingerprint density at radius 1 is 1.00 bits per heavy atom.